The van der Waals surface area contributed by atoms with Crippen molar-refractivity contribution in [2.45, 2.75) is 0 Å². The summed E-state index contributed by atoms with van der Waals surface area (Å²) in [5.41, 5.74) is 13.1. The Hall–Kier alpha value is -3.34. The van der Waals surface area contributed by atoms with Crippen LogP contribution in [0, 0.1) is 11.2 Å². The molecule has 1 aromatic heterocycles. The number of guanidine groups is 1. The lowest BCUT2D eigenvalue weighted by Crippen LogP contribution is -2.21. The molecule has 10 N–H and O–H groups in total. The van der Waals surface area contributed by atoms with Crippen molar-refractivity contribution in [3.05, 3.63) is 46.0 Å². The SMILES string of the molecule is Cl.N=C(N)N.Nc1nc(O)c(NC(=O)c2ccc(F)cc2)c(=O)[nH]1. The molecule has 0 aliphatic heterocycles. The molecular weight excluding hydrogens is 345 g/mol. The summed E-state index contributed by atoms with van der Waals surface area (Å²) in [6.07, 6.45) is 0. The second kappa shape index (κ2) is 8.95. The lowest BCUT2D eigenvalue weighted by molar-refractivity contribution is 0.102. The van der Waals surface area contributed by atoms with Gasteiger partial charge in [0, 0.05) is 5.56 Å². The summed E-state index contributed by atoms with van der Waals surface area (Å²) < 4.78 is 12.7. The van der Waals surface area contributed by atoms with Crippen molar-refractivity contribution in [3.8, 4) is 5.88 Å². The molecular formula is C12H15ClFN7O3. The van der Waals surface area contributed by atoms with E-state index >= 15 is 0 Å². The van der Waals surface area contributed by atoms with E-state index in [2.05, 4.69) is 26.8 Å². The van der Waals surface area contributed by atoms with Crippen LogP contribution < -0.4 is 28.1 Å². The van der Waals surface area contributed by atoms with Crippen molar-refractivity contribution >= 4 is 35.9 Å². The fourth-order valence-corrected chi connectivity index (χ4v) is 1.38. The number of H-pyrrole nitrogens is 1. The summed E-state index contributed by atoms with van der Waals surface area (Å²) in [6, 6.07) is 4.67. The highest BCUT2D eigenvalue weighted by molar-refractivity contribution is 6.04. The fraction of sp³-hybridized carbons (Fsp3) is 0. The Morgan fingerprint density at radius 3 is 2.25 bits per heavy atom. The molecule has 10 nitrogen and oxygen atoms in total. The lowest BCUT2D eigenvalue weighted by atomic mass is 10.2. The third-order valence-corrected chi connectivity index (χ3v) is 2.26. The molecule has 0 spiro atoms. The van der Waals surface area contributed by atoms with Gasteiger partial charge in [0.25, 0.3) is 11.5 Å². The van der Waals surface area contributed by atoms with Crippen LogP contribution in [0.25, 0.3) is 0 Å². The Labute approximate surface area is 140 Å². The van der Waals surface area contributed by atoms with Gasteiger partial charge in [-0.25, -0.2) is 4.39 Å². The quantitative estimate of drug-likeness (QED) is 0.282. The monoisotopic (exact) mass is 359 g/mol. The third kappa shape index (κ3) is 6.19. The second-order valence-corrected chi connectivity index (χ2v) is 4.07. The predicted octanol–water partition coefficient (Wildman–Crippen LogP) is -0.291. The van der Waals surface area contributed by atoms with E-state index in [1.165, 1.54) is 12.1 Å². The van der Waals surface area contributed by atoms with E-state index < -0.39 is 28.9 Å². The molecule has 24 heavy (non-hydrogen) atoms. The van der Waals surface area contributed by atoms with Crippen molar-refractivity contribution in [1.82, 2.24) is 9.97 Å². The van der Waals surface area contributed by atoms with Gasteiger partial charge in [-0.2, -0.15) is 4.98 Å². The number of amides is 1. The average Bonchev–Trinajstić information content (AvgIpc) is 2.42. The van der Waals surface area contributed by atoms with Gasteiger partial charge in [0.1, 0.15) is 5.82 Å². The van der Waals surface area contributed by atoms with Gasteiger partial charge in [-0.1, -0.05) is 0 Å². The van der Waals surface area contributed by atoms with Crippen LogP contribution in [0.2, 0.25) is 0 Å². The third-order valence-electron chi connectivity index (χ3n) is 2.26. The Bertz CT molecular complexity index is 775. The minimum absolute atomic E-state index is 0. The van der Waals surface area contributed by atoms with Crippen LogP contribution in [0.5, 0.6) is 5.88 Å². The highest BCUT2D eigenvalue weighted by Gasteiger charge is 2.14. The highest BCUT2D eigenvalue weighted by atomic mass is 35.5. The summed E-state index contributed by atoms with van der Waals surface area (Å²) in [7, 11) is 0. The number of nitrogens with one attached hydrogen (secondary N) is 3. The molecule has 0 saturated carbocycles. The summed E-state index contributed by atoms with van der Waals surface area (Å²) in [5.74, 6) is -2.49. The van der Waals surface area contributed by atoms with E-state index in [1.54, 1.807) is 0 Å². The van der Waals surface area contributed by atoms with Gasteiger partial charge in [-0.15, -0.1) is 12.4 Å². The largest absolute Gasteiger partial charge is 0.492 e. The number of aromatic hydroxyl groups is 1. The van der Waals surface area contributed by atoms with E-state index in [-0.39, 0.29) is 29.9 Å². The van der Waals surface area contributed by atoms with Gasteiger partial charge in [0.15, 0.2) is 11.6 Å². The number of hydrogen-bond acceptors (Lipinski definition) is 6. The topological polar surface area (TPSA) is 197 Å². The van der Waals surface area contributed by atoms with Gasteiger partial charge in [0.05, 0.1) is 0 Å². The maximum Gasteiger partial charge on any atom is 0.280 e. The van der Waals surface area contributed by atoms with Crippen molar-refractivity contribution in [2.24, 2.45) is 11.5 Å². The molecule has 1 amide bonds. The summed E-state index contributed by atoms with van der Waals surface area (Å²) in [5, 5.41) is 17.7. The van der Waals surface area contributed by atoms with Crippen molar-refractivity contribution in [3.63, 3.8) is 0 Å². The Balaban J connectivity index is 0.000000954. The number of carbonyl (C=O) groups is 1. The number of hydrogen-bond donors (Lipinski definition) is 7. The van der Waals surface area contributed by atoms with Gasteiger partial charge in [0.2, 0.25) is 11.8 Å². The molecule has 0 fully saturated rings. The maximum absolute atomic E-state index is 12.7. The molecule has 130 valence electrons. The molecule has 2 rings (SSSR count). The summed E-state index contributed by atoms with van der Waals surface area (Å²) in [4.78, 5) is 28.7. The first-order valence-corrected chi connectivity index (χ1v) is 5.96. The van der Waals surface area contributed by atoms with Crippen LogP contribution >= 0.6 is 12.4 Å². The van der Waals surface area contributed by atoms with Crippen LogP contribution in [0.4, 0.5) is 16.0 Å². The number of aromatic nitrogens is 2. The molecule has 2 aromatic rings. The Morgan fingerprint density at radius 1 is 1.29 bits per heavy atom. The Morgan fingerprint density at radius 2 is 1.79 bits per heavy atom. The number of rotatable bonds is 2. The molecule has 12 heteroatoms. The van der Waals surface area contributed by atoms with E-state index in [9.17, 15) is 19.1 Å². The maximum atomic E-state index is 12.7. The highest BCUT2D eigenvalue weighted by Crippen LogP contribution is 2.16. The van der Waals surface area contributed by atoms with Gasteiger partial charge in [-0.3, -0.25) is 20.0 Å². The number of nitrogens with zero attached hydrogens (tertiary/aromatic N) is 1. The summed E-state index contributed by atoms with van der Waals surface area (Å²) in [6.45, 7) is 0. The van der Waals surface area contributed by atoms with Gasteiger partial charge < -0.3 is 27.6 Å². The van der Waals surface area contributed by atoms with E-state index in [0.29, 0.717) is 0 Å². The van der Waals surface area contributed by atoms with E-state index in [1.807, 2.05) is 0 Å². The van der Waals surface area contributed by atoms with Crippen LogP contribution in [0.3, 0.4) is 0 Å². The number of aromatic amines is 1. The molecule has 0 atom stereocenters. The van der Waals surface area contributed by atoms with E-state index in [0.717, 1.165) is 12.1 Å². The van der Waals surface area contributed by atoms with Crippen molar-refractivity contribution in [2.75, 3.05) is 11.1 Å². The molecule has 0 saturated heterocycles. The lowest BCUT2D eigenvalue weighted by Gasteiger charge is -2.06. The number of benzene rings is 1. The zero-order valence-corrected chi connectivity index (χ0v) is 12.9. The van der Waals surface area contributed by atoms with E-state index in [4.69, 9.17) is 11.1 Å². The van der Waals surface area contributed by atoms with Crippen LogP contribution in [-0.2, 0) is 0 Å². The first-order valence-electron chi connectivity index (χ1n) is 5.96. The zero-order valence-electron chi connectivity index (χ0n) is 12.0. The molecule has 0 bridgehead atoms. The molecule has 0 aliphatic rings. The predicted molar refractivity (Wildman–Crippen MR) is 88.6 cm³/mol. The standard InChI is InChI=1S/C11H9FN4O3.CH5N3.ClH/c12-6-3-1-5(2-4-6)8(17)14-7-9(18)15-11(13)16-10(7)19;2-1(3)4;/h1-4H,(H,14,17)(H4,13,15,16,18,19);(H5,2,3,4);1H. The van der Waals surface area contributed by atoms with Gasteiger partial charge in [-0.05, 0) is 24.3 Å². The number of anilines is 2. The number of halogens is 2. The molecule has 0 unspecified atom stereocenters. The Kier molecular flexibility index (Phi) is 7.70. The number of nitrogens with two attached hydrogens (primary N) is 3. The average molecular weight is 360 g/mol. The first-order chi connectivity index (χ1) is 10.7. The zero-order chi connectivity index (χ0) is 17.6. The molecule has 1 heterocycles. The van der Waals surface area contributed by atoms with Crippen LogP contribution in [-0.4, -0.2) is 26.9 Å². The number of carbonyl (C=O) groups excluding carboxylic acids is 1. The smallest absolute Gasteiger partial charge is 0.280 e. The minimum Gasteiger partial charge on any atom is -0.492 e. The molecule has 1 aromatic carbocycles. The first kappa shape index (κ1) is 20.7. The number of nitrogen functional groups attached to an aromatic ring is 1. The van der Waals surface area contributed by atoms with Crippen LogP contribution in [0.1, 0.15) is 10.4 Å². The van der Waals surface area contributed by atoms with Crippen molar-refractivity contribution < 1.29 is 14.3 Å². The second-order valence-electron chi connectivity index (χ2n) is 4.07. The fourth-order valence-electron chi connectivity index (χ4n) is 1.38. The normalized spacial score (nSPS) is 9.04. The molecule has 0 radical (unpaired) electrons. The summed E-state index contributed by atoms with van der Waals surface area (Å²) >= 11 is 0. The van der Waals surface area contributed by atoms with Gasteiger partial charge >= 0.3 is 0 Å². The van der Waals surface area contributed by atoms with Crippen LogP contribution in [0.15, 0.2) is 29.1 Å². The molecule has 0 aliphatic carbocycles. The van der Waals surface area contributed by atoms with Crippen molar-refractivity contribution in [1.29, 1.82) is 5.41 Å². The minimum atomic E-state index is -0.791.